The van der Waals surface area contributed by atoms with E-state index in [1.165, 1.54) is 11.6 Å². The van der Waals surface area contributed by atoms with Crippen molar-refractivity contribution in [2.75, 3.05) is 6.61 Å². The first kappa shape index (κ1) is 14.3. The van der Waals surface area contributed by atoms with E-state index in [4.69, 9.17) is 9.84 Å². The van der Waals surface area contributed by atoms with Gasteiger partial charge in [-0.3, -0.25) is 0 Å². The summed E-state index contributed by atoms with van der Waals surface area (Å²) in [4.78, 5) is 10.7. The third-order valence-electron chi connectivity index (χ3n) is 2.79. The molecule has 0 saturated heterocycles. The highest BCUT2D eigenvalue weighted by atomic mass is 16.5. The normalized spacial score (nSPS) is 11.7. The van der Waals surface area contributed by atoms with E-state index in [-0.39, 0.29) is 5.92 Å². The summed E-state index contributed by atoms with van der Waals surface area (Å²) in [5, 5.41) is 8.77. The van der Waals surface area contributed by atoms with Crippen LogP contribution in [0, 0.1) is 5.92 Å². The van der Waals surface area contributed by atoms with Gasteiger partial charge in [0.15, 0.2) is 0 Å². The predicted molar refractivity (Wildman–Crippen MR) is 71.9 cm³/mol. The minimum Gasteiger partial charge on any atom is -0.489 e. The van der Waals surface area contributed by atoms with E-state index in [9.17, 15) is 4.79 Å². The minimum atomic E-state index is -0.927. The molecule has 0 aromatic heterocycles. The number of carboxylic acid groups (broad SMARTS) is 1. The molecule has 0 aliphatic heterocycles. The molecule has 3 heteroatoms. The van der Waals surface area contributed by atoms with Crippen molar-refractivity contribution in [1.82, 2.24) is 0 Å². The zero-order valence-electron chi connectivity index (χ0n) is 11.1. The van der Waals surface area contributed by atoms with Crippen molar-refractivity contribution in [2.45, 2.75) is 27.2 Å². The molecule has 3 nitrogen and oxygen atoms in total. The SMILES string of the molecule is CCc1ccc(OC/C(=C/C(=O)O)C(C)C)cc1. The van der Waals surface area contributed by atoms with Gasteiger partial charge < -0.3 is 9.84 Å². The lowest BCUT2D eigenvalue weighted by atomic mass is 10.0. The van der Waals surface area contributed by atoms with Crippen LogP contribution in [0.1, 0.15) is 26.3 Å². The maximum absolute atomic E-state index is 10.7. The van der Waals surface area contributed by atoms with E-state index in [1.807, 2.05) is 38.1 Å². The Morgan fingerprint density at radius 3 is 2.39 bits per heavy atom. The molecular formula is C15H20O3. The van der Waals surface area contributed by atoms with Crippen LogP contribution in [0.15, 0.2) is 35.9 Å². The average molecular weight is 248 g/mol. The van der Waals surface area contributed by atoms with Gasteiger partial charge in [-0.25, -0.2) is 4.79 Å². The number of carbonyl (C=O) groups is 1. The highest BCUT2D eigenvalue weighted by Crippen LogP contribution is 2.16. The number of aryl methyl sites for hydroxylation is 1. The molecule has 1 aromatic rings. The maximum Gasteiger partial charge on any atom is 0.328 e. The molecular weight excluding hydrogens is 228 g/mol. The summed E-state index contributed by atoms with van der Waals surface area (Å²) in [5.41, 5.74) is 2.04. The second kappa shape index (κ2) is 6.84. The summed E-state index contributed by atoms with van der Waals surface area (Å²) in [5.74, 6) is 0.00350. The van der Waals surface area contributed by atoms with Gasteiger partial charge >= 0.3 is 5.97 Å². The Morgan fingerprint density at radius 1 is 1.33 bits per heavy atom. The zero-order chi connectivity index (χ0) is 13.5. The van der Waals surface area contributed by atoms with Gasteiger partial charge in [-0.05, 0) is 35.6 Å². The van der Waals surface area contributed by atoms with Gasteiger partial charge in [0.25, 0.3) is 0 Å². The zero-order valence-corrected chi connectivity index (χ0v) is 11.1. The van der Waals surface area contributed by atoms with Crippen LogP contribution in [0.3, 0.4) is 0 Å². The number of carboxylic acids is 1. The molecule has 0 bridgehead atoms. The van der Waals surface area contributed by atoms with Gasteiger partial charge in [0.05, 0.1) is 0 Å². The van der Waals surface area contributed by atoms with Crippen LogP contribution in [-0.2, 0) is 11.2 Å². The second-order valence-corrected chi connectivity index (χ2v) is 4.50. The number of hydrogen-bond donors (Lipinski definition) is 1. The monoisotopic (exact) mass is 248 g/mol. The Morgan fingerprint density at radius 2 is 1.94 bits per heavy atom. The Hall–Kier alpha value is -1.77. The van der Waals surface area contributed by atoms with Crippen molar-refractivity contribution < 1.29 is 14.6 Å². The van der Waals surface area contributed by atoms with Crippen molar-refractivity contribution in [3.8, 4) is 5.75 Å². The Bertz CT molecular complexity index is 416. The molecule has 1 aromatic carbocycles. The van der Waals surface area contributed by atoms with Crippen molar-refractivity contribution >= 4 is 5.97 Å². The molecule has 1 rings (SSSR count). The number of ether oxygens (including phenoxy) is 1. The van der Waals surface area contributed by atoms with Crippen LogP contribution in [0.4, 0.5) is 0 Å². The molecule has 98 valence electrons. The Kier molecular flexibility index (Phi) is 5.43. The topological polar surface area (TPSA) is 46.5 Å². The lowest BCUT2D eigenvalue weighted by Crippen LogP contribution is -2.09. The molecule has 1 N–H and O–H groups in total. The predicted octanol–water partition coefficient (Wildman–Crippen LogP) is 3.29. The highest BCUT2D eigenvalue weighted by Gasteiger charge is 2.07. The molecule has 0 saturated carbocycles. The molecule has 0 fully saturated rings. The van der Waals surface area contributed by atoms with Crippen molar-refractivity contribution in [1.29, 1.82) is 0 Å². The van der Waals surface area contributed by atoms with E-state index in [2.05, 4.69) is 6.92 Å². The van der Waals surface area contributed by atoms with Crippen molar-refractivity contribution in [3.63, 3.8) is 0 Å². The summed E-state index contributed by atoms with van der Waals surface area (Å²) in [6.45, 7) is 6.33. The largest absolute Gasteiger partial charge is 0.489 e. The highest BCUT2D eigenvalue weighted by molar-refractivity contribution is 5.80. The van der Waals surface area contributed by atoms with Crippen LogP contribution in [0.25, 0.3) is 0 Å². The first-order chi connectivity index (χ1) is 8.52. The standard InChI is InChI=1S/C15H20O3/c1-4-12-5-7-14(8-6-12)18-10-13(11(2)3)9-15(16)17/h5-9,11H,4,10H2,1-3H3,(H,16,17)/b13-9-. The molecule has 18 heavy (non-hydrogen) atoms. The van der Waals surface area contributed by atoms with Crippen molar-refractivity contribution in [3.05, 3.63) is 41.5 Å². The van der Waals surface area contributed by atoms with Gasteiger partial charge in [-0.1, -0.05) is 32.9 Å². The number of hydrogen-bond acceptors (Lipinski definition) is 2. The van der Waals surface area contributed by atoms with Crippen LogP contribution >= 0.6 is 0 Å². The summed E-state index contributed by atoms with van der Waals surface area (Å²) in [6.07, 6.45) is 2.22. The van der Waals surface area contributed by atoms with Gasteiger partial charge in [0, 0.05) is 6.08 Å². The van der Waals surface area contributed by atoms with E-state index in [1.54, 1.807) is 0 Å². The van der Waals surface area contributed by atoms with Gasteiger partial charge in [-0.2, -0.15) is 0 Å². The smallest absolute Gasteiger partial charge is 0.328 e. The average Bonchev–Trinajstić information content (AvgIpc) is 2.34. The van der Waals surface area contributed by atoms with E-state index in [0.29, 0.717) is 6.61 Å². The van der Waals surface area contributed by atoms with Crippen LogP contribution in [0.2, 0.25) is 0 Å². The fraction of sp³-hybridized carbons (Fsp3) is 0.400. The molecule has 0 unspecified atom stereocenters. The Labute approximate surface area is 108 Å². The second-order valence-electron chi connectivity index (χ2n) is 4.50. The lowest BCUT2D eigenvalue weighted by Gasteiger charge is -2.12. The number of benzene rings is 1. The third-order valence-corrected chi connectivity index (χ3v) is 2.79. The molecule has 0 aliphatic carbocycles. The quantitative estimate of drug-likeness (QED) is 0.786. The number of aliphatic carboxylic acids is 1. The Balaban J connectivity index is 2.64. The minimum absolute atomic E-state index is 0.163. The molecule has 0 radical (unpaired) electrons. The molecule has 0 amide bonds. The molecule has 0 heterocycles. The van der Waals surface area contributed by atoms with Gasteiger partial charge in [0.1, 0.15) is 12.4 Å². The van der Waals surface area contributed by atoms with Crippen LogP contribution in [-0.4, -0.2) is 17.7 Å². The molecule has 0 atom stereocenters. The molecule has 0 spiro atoms. The summed E-state index contributed by atoms with van der Waals surface area (Å²) in [7, 11) is 0. The van der Waals surface area contributed by atoms with Gasteiger partial charge in [0.2, 0.25) is 0 Å². The first-order valence-corrected chi connectivity index (χ1v) is 6.18. The van der Waals surface area contributed by atoms with Crippen molar-refractivity contribution in [2.24, 2.45) is 5.92 Å². The van der Waals surface area contributed by atoms with Crippen LogP contribution < -0.4 is 4.74 Å². The summed E-state index contributed by atoms with van der Waals surface area (Å²) < 4.78 is 5.60. The summed E-state index contributed by atoms with van der Waals surface area (Å²) >= 11 is 0. The summed E-state index contributed by atoms with van der Waals surface area (Å²) in [6, 6.07) is 7.87. The molecule has 0 aliphatic rings. The first-order valence-electron chi connectivity index (χ1n) is 6.18. The lowest BCUT2D eigenvalue weighted by molar-refractivity contribution is -0.131. The third kappa shape index (κ3) is 4.62. The fourth-order valence-electron chi connectivity index (χ4n) is 1.52. The van der Waals surface area contributed by atoms with Crippen LogP contribution in [0.5, 0.6) is 5.75 Å². The fourth-order valence-corrected chi connectivity index (χ4v) is 1.52. The van der Waals surface area contributed by atoms with E-state index in [0.717, 1.165) is 17.7 Å². The van der Waals surface area contributed by atoms with E-state index < -0.39 is 5.97 Å². The maximum atomic E-state index is 10.7. The number of rotatable bonds is 6. The van der Waals surface area contributed by atoms with Gasteiger partial charge in [-0.15, -0.1) is 0 Å². The van der Waals surface area contributed by atoms with E-state index >= 15 is 0 Å².